The van der Waals surface area contributed by atoms with Gasteiger partial charge in [0, 0.05) is 30.3 Å². The van der Waals surface area contributed by atoms with E-state index in [0.29, 0.717) is 0 Å². The van der Waals surface area contributed by atoms with Gasteiger partial charge in [-0.15, -0.1) is 0 Å². The van der Waals surface area contributed by atoms with Crippen LogP contribution < -0.4 is 10.2 Å². The van der Waals surface area contributed by atoms with E-state index in [1.807, 2.05) is 25.1 Å². The molecule has 19 heavy (non-hydrogen) atoms. The molecule has 0 bridgehead atoms. The number of benzene rings is 1. The van der Waals surface area contributed by atoms with Crippen molar-refractivity contribution in [3.05, 3.63) is 28.2 Å². The summed E-state index contributed by atoms with van der Waals surface area (Å²) in [6, 6.07) is 5.61. The van der Waals surface area contributed by atoms with Crippen LogP contribution in [0.25, 0.3) is 0 Å². The molecule has 1 N–H and O–H groups in total. The molecule has 0 aromatic heterocycles. The van der Waals surface area contributed by atoms with Gasteiger partial charge in [0.15, 0.2) is 0 Å². The molecule has 1 aromatic carbocycles. The van der Waals surface area contributed by atoms with E-state index in [9.17, 15) is 13.2 Å². The van der Waals surface area contributed by atoms with Crippen molar-refractivity contribution in [2.45, 2.75) is 26.1 Å². The Morgan fingerprint density at radius 3 is 2.53 bits per heavy atom. The summed E-state index contributed by atoms with van der Waals surface area (Å²) < 4.78 is 37.4. The Labute approximate surface area is 120 Å². The van der Waals surface area contributed by atoms with Crippen molar-refractivity contribution >= 4 is 21.6 Å². The third kappa shape index (κ3) is 5.82. The first kappa shape index (κ1) is 16.3. The average molecular weight is 339 g/mol. The van der Waals surface area contributed by atoms with Gasteiger partial charge in [-0.3, -0.25) is 0 Å². The number of hydrogen-bond acceptors (Lipinski definition) is 2. The smallest absolute Gasteiger partial charge is 0.374 e. The van der Waals surface area contributed by atoms with Gasteiger partial charge in [-0.25, -0.2) is 0 Å². The van der Waals surface area contributed by atoms with Crippen LogP contribution in [0.1, 0.15) is 18.9 Å². The van der Waals surface area contributed by atoms with E-state index in [1.54, 1.807) is 11.9 Å². The second kappa shape index (κ2) is 7.14. The first-order valence-corrected chi connectivity index (χ1v) is 6.90. The quantitative estimate of drug-likeness (QED) is 0.844. The third-order valence-corrected chi connectivity index (χ3v) is 3.51. The van der Waals surface area contributed by atoms with Gasteiger partial charge in [0.05, 0.1) is 6.42 Å². The summed E-state index contributed by atoms with van der Waals surface area (Å²) in [6.45, 7) is 3.60. The molecule has 0 atom stereocenters. The Bertz CT molecular complexity index is 407. The van der Waals surface area contributed by atoms with E-state index >= 15 is 0 Å². The minimum absolute atomic E-state index is 0.0392. The molecule has 0 spiro atoms. The van der Waals surface area contributed by atoms with Crippen LogP contribution in [0.2, 0.25) is 0 Å². The topological polar surface area (TPSA) is 15.3 Å². The van der Waals surface area contributed by atoms with Gasteiger partial charge in [0.25, 0.3) is 0 Å². The number of anilines is 1. The van der Waals surface area contributed by atoms with Gasteiger partial charge in [0.2, 0.25) is 0 Å². The summed E-state index contributed by atoms with van der Waals surface area (Å²) in [5, 5.41) is 3.21. The Balaban J connectivity index is 2.66. The molecule has 1 aromatic rings. The lowest BCUT2D eigenvalue weighted by Crippen LogP contribution is -2.24. The van der Waals surface area contributed by atoms with Gasteiger partial charge in [-0.2, -0.15) is 13.2 Å². The zero-order valence-electron chi connectivity index (χ0n) is 11.0. The molecule has 0 aliphatic rings. The van der Waals surface area contributed by atoms with Crippen LogP contribution >= 0.6 is 15.9 Å². The number of hydrogen-bond donors (Lipinski definition) is 1. The van der Waals surface area contributed by atoms with Crippen LogP contribution in [-0.4, -0.2) is 26.3 Å². The lowest BCUT2D eigenvalue weighted by molar-refractivity contribution is -0.132. The van der Waals surface area contributed by atoms with Crippen LogP contribution in [0, 0.1) is 0 Å². The second-order valence-electron chi connectivity index (χ2n) is 4.34. The summed E-state index contributed by atoms with van der Waals surface area (Å²) >= 11 is 3.45. The highest BCUT2D eigenvalue weighted by Gasteiger charge is 2.27. The molecule has 108 valence electrons. The highest BCUT2D eigenvalue weighted by molar-refractivity contribution is 9.10. The van der Waals surface area contributed by atoms with Crippen molar-refractivity contribution in [1.82, 2.24) is 5.32 Å². The largest absolute Gasteiger partial charge is 0.390 e. The second-order valence-corrected chi connectivity index (χ2v) is 5.20. The summed E-state index contributed by atoms with van der Waals surface area (Å²) in [5.74, 6) is 0. The van der Waals surface area contributed by atoms with E-state index < -0.39 is 12.6 Å². The molecule has 0 heterocycles. The maximum absolute atomic E-state index is 12.2. The van der Waals surface area contributed by atoms with E-state index in [1.165, 1.54) is 0 Å². The van der Waals surface area contributed by atoms with Crippen molar-refractivity contribution in [3.63, 3.8) is 0 Å². The highest BCUT2D eigenvalue weighted by Crippen LogP contribution is 2.25. The molecule has 1 rings (SSSR count). The Morgan fingerprint density at radius 1 is 1.32 bits per heavy atom. The first-order chi connectivity index (χ1) is 8.83. The summed E-state index contributed by atoms with van der Waals surface area (Å²) in [6.07, 6.45) is -4.92. The van der Waals surface area contributed by atoms with Crippen molar-refractivity contribution in [2.75, 3.05) is 25.0 Å². The zero-order chi connectivity index (χ0) is 14.5. The fourth-order valence-corrected chi connectivity index (χ4v) is 2.11. The van der Waals surface area contributed by atoms with Crippen LogP contribution in [0.15, 0.2) is 22.7 Å². The Kier molecular flexibility index (Phi) is 6.13. The molecule has 0 fully saturated rings. The molecule has 0 saturated heterocycles. The fraction of sp³-hybridized carbons (Fsp3) is 0.538. The van der Waals surface area contributed by atoms with Gasteiger partial charge < -0.3 is 10.2 Å². The lowest BCUT2D eigenvalue weighted by atomic mass is 10.2. The van der Waals surface area contributed by atoms with E-state index in [4.69, 9.17) is 0 Å². The maximum atomic E-state index is 12.2. The molecule has 0 aliphatic heterocycles. The lowest BCUT2D eigenvalue weighted by Gasteiger charge is -2.21. The van der Waals surface area contributed by atoms with Gasteiger partial charge in [0.1, 0.15) is 0 Å². The van der Waals surface area contributed by atoms with E-state index in [-0.39, 0.29) is 6.54 Å². The predicted molar refractivity (Wildman–Crippen MR) is 75.5 cm³/mol. The maximum Gasteiger partial charge on any atom is 0.390 e. The minimum Gasteiger partial charge on any atom is -0.374 e. The van der Waals surface area contributed by atoms with Crippen molar-refractivity contribution in [1.29, 1.82) is 0 Å². The Morgan fingerprint density at radius 2 is 2.00 bits per heavy atom. The molecule has 2 nitrogen and oxygen atoms in total. The normalized spacial score (nSPS) is 11.7. The summed E-state index contributed by atoms with van der Waals surface area (Å²) in [4.78, 5) is 1.61. The molecule has 0 amide bonds. The molecule has 0 radical (unpaired) electrons. The molecular weight excluding hydrogens is 321 g/mol. The standard InChI is InChI=1S/C13H18BrF3N2/c1-3-18-9-10-4-5-11(8-12(10)14)19(2)7-6-13(15,16)17/h4-5,8,18H,3,6-7,9H2,1-2H3. The van der Waals surface area contributed by atoms with E-state index in [2.05, 4.69) is 21.2 Å². The average Bonchev–Trinajstić information content (AvgIpc) is 2.33. The molecule has 0 saturated carbocycles. The van der Waals surface area contributed by atoms with Gasteiger partial charge in [-0.05, 0) is 24.2 Å². The summed E-state index contributed by atoms with van der Waals surface area (Å²) in [7, 11) is 1.66. The SMILES string of the molecule is CCNCc1ccc(N(C)CCC(F)(F)F)cc1Br. The fourth-order valence-electron chi connectivity index (χ4n) is 1.60. The third-order valence-electron chi connectivity index (χ3n) is 2.77. The Hall–Kier alpha value is -0.750. The van der Waals surface area contributed by atoms with Crippen LogP contribution in [0.5, 0.6) is 0 Å². The monoisotopic (exact) mass is 338 g/mol. The zero-order valence-corrected chi connectivity index (χ0v) is 12.6. The van der Waals surface area contributed by atoms with Crippen molar-refractivity contribution in [2.24, 2.45) is 0 Å². The first-order valence-electron chi connectivity index (χ1n) is 6.10. The molecule has 0 aliphatic carbocycles. The highest BCUT2D eigenvalue weighted by atomic mass is 79.9. The van der Waals surface area contributed by atoms with Gasteiger partial charge in [-0.1, -0.05) is 28.9 Å². The molecule has 0 unspecified atom stereocenters. The molecule has 6 heteroatoms. The minimum atomic E-state index is -4.11. The van der Waals surface area contributed by atoms with E-state index in [0.717, 1.165) is 28.8 Å². The number of halogens is 4. The van der Waals surface area contributed by atoms with Crippen LogP contribution in [0.4, 0.5) is 18.9 Å². The number of nitrogens with zero attached hydrogens (tertiary/aromatic N) is 1. The van der Waals surface area contributed by atoms with Crippen molar-refractivity contribution < 1.29 is 13.2 Å². The number of rotatable bonds is 6. The number of alkyl halides is 3. The molecular formula is C13H18BrF3N2. The summed E-state index contributed by atoms with van der Waals surface area (Å²) in [5.41, 5.74) is 1.87. The number of nitrogens with one attached hydrogen (secondary N) is 1. The predicted octanol–water partition coefficient (Wildman–Crippen LogP) is 3.95. The van der Waals surface area contributed by atoms with Crippen molar-refractivity contribution in [3.8, 4) is 0 Å². The van der Waals surface area contributed by atoms with Crippen LogP contribution in [0.3, 0.4) is 0 Å². The van der Waals surface area contributed by atoms with Crippen LogP contribution in [-0.2, 0) is 6.54 Å². The van der Waals surface area contributed by atoms with Gasteiger partial charge >= 0.3 is 6.18 Å².